The fourth-order valence-electron chi connectivity index (χ4n) is 4.91. The third kappa shape index (κ3) is 1.90. The molecular weight excluding hydrogens is 276 g/mol. The molecule has 9 atom stereocenters. The Morgan fingerprint density at radius 2 is 1.28 bits per heavy atom. The minimum atomic E-state index is 0.0943. The number of rotatable bonds is 1. The minimum absolute atomic E-state index is 0.0943. The first-order chi connectivity index (χ1) is 8.27. The largest absolute Gasteiger partial charge is 0.178 e. The van der Waals surface area contributed by atoms with E-state index in [-0.39, 0.29) is 4.75 Å². The molecule has 3 heteroatoms. The standard InChI is InChI=1S/C15H28S3/c1-7-8(2)10(4)14(17)13-11(5)12(9(7)3)15(13,18)6-16/h7-14,16-18H,6H2,1-5H3. The molecule has 0 heterocycles. The van der Waals surface area contributed by atoms with E-state index in [4.69, 9.17) is 25.3 Å². The van der Waals surface area contributed by atoms with Crippen molar-refractivity contribution in [2.75, 3.05) is 5.75 Å². The molecule has 0 nitrogen and oxygen atoms in total. The highest BCUT2D eigenvalue weighted by atomic mass is 32.1. The molecule has 0 radical (unpaired) electrons. The first-order valence-corrected chi connectivity index (χ1v) is 8.88. The summed E-state index contributed by atoms with van der Waals surface area (Å²) in [5.41, 5.74) is 0. The number of thiol groups is 3. The minimum Gasteiger partial charge on any atom is -0.178 e. The predicted molar refractivity (Wildman–Crippen MR) is 91.1 cm³/mol. The summed E-state index contributed by atoms with van der Waals surface area (Å²) in [6.07, 6.45) is 0. The molecule has 3 aliphatic carbocycles. The lowest BCUT2D eigenvalue weighted by Gasteiger charge is -2.66. The lowest BCUT2D eigenvalue weighted by Crippen LogP contribution is -2.67. The van der Waals surface area contributed by atoms with Crippen molar-refractivity contribution < 1.29 is 0 Å². The molecule has 0 saturated heterocycles. The van der Waals surface area contributed by atoms with E-state index in [2.05, 4.69) is 47.2 Å². The normalized spacial score (nSPS) is 60.7. The second-order valence-corrected chi connectivity index (χ2v) is 8.73. The summed E-state index contributed by atoms with van der Waals surface area (Å²) in [5.74, 6) is 5.81. The first kappa shape index (κ1) is 15.4. The van der Waals surface area contributed by atoms with Crippen molar-refractivity contribution >= 4 is 37.9 Å². The average molecular weight is 305 g/mol. The van der Waals surface area contributed by atoms with Crippen LogP contribution in [0.1, 0.15) is 34.6 Å². The van der Waals surface area contributed by atoms with Gasteiger partial charge in [0.05, 0.1) is 0 Å². The van der Waals surface area contributed by atoms with Gasteiger partial charge in [0.25, 0.3) is 0 Å². The van der Waals surface area contributed by atoms with E-state index in [9.17, 15) is 0 Å². The zero-order chi connectivity index (χ0) is 13.8. The highest BCUT2D eigenvalue weighted by Gasteiger charge is 2.63. The predicted octanol–water partition coefficient (Wildman–Crippen LogP) is 4.32. The summed E-state index contributed by atoms with van der Waals surface area (Å²) >= 11 is 14.7. The molecule has 106 valence electrons. The molecule has 0 aliphatic heterocycles. The maximum atomic E-state index is 5.07. The van der Waals surface area contributed by atoms with Crippen LogP contribution in [0.2, 0.25) is 0 Å². The summed E-state index contributed by atoms with van der Waals surface area (Å²) in [6.45, 7) is 12.0. The van der Waals surface area contributed by atoms with Crippen molar-refractivity contribution in [3.05, 3.63) is 0 Å². The van der Waals surface area contributed by atoms with Gasteiger partial charge in [-0.05, 0) is 41.4 Å². The van der Waals surface area contributed by atoms with Gasteiger partial charge >= 0.3 is 0 Å². The van der Waals surface area contributed by atoms with E-state index in [1.807, 2.05) is 0 Å². The van der Waals surface area contributed by atoms with Gasteiger partial charge in [0.1, 0.15) is 0 Å². The van der Waals surface area contributed by atoms with Crippen molar-refractivity contribution in [2.45, 2.75) is 44.6 Å². The van der Waals surface area contributed by atoms with E-state index in [0.29, 0.717) is 23.0 Å². The maximum Gasteiger partial charge on any atom is 0.0292 e. The number of hydrogen-bond donors (Lipinski definition) is 3. The number of hydrogen-bond acceptors (Lipinski definition) is 3. The molecule has 2 bridgehead atoms. The first-order valence-electron chi connectivity index (χ1n) is 7.28. The van der Waals surface area contributed by atoms with Gasteiger partial charge in [-0.1, -0.05) is 34.6 Å². The summed E-state index contributed by atoms with van der Waals surface area (Å²) in [6, 6.07) is 0. The van der Waals surface area contributed by atoms with Crippen LogP contribution >= 0.6 is 37.9 Å². The van der Waals surface area contributed by atoms with Crippen LogP contribution in [0.3, 0.4) is 0 Å². The lowest BCUT2D eigenvalue weighted by molar-refractivity contribution is -0.0638. The van der Waals surface area contributed by atoms with E-state index in [0.717, 1.165) is 29.4 Å². The zero-order valence-electron chi connectivity index (χ0n) is 12.2. The molecule has 0 spiro atoms. The molecule has 3 saturated carbocycles. The van der Waals surface area contributed by atoms with Crippen LogP contribution in [0.5, 0.6) is 0 Å². The SMILES string of the molecule is CC1C(C)C(C)C2C(C)C(C(S)C1C)C2(S)CS. The van der Waals surface area contributed by atoms with Crippen LogP contribution in [0.15, 0.2) is 0 Å². The molecule has 3 aliphatic rings. The average Bonchev–Trinajstić information content (AvgIpc) is 2.34. The molecule has 0 aromatic heterocycles. The van der Waals surface area contributed by atoms with E-state index in [1.165, 1.54) is 0 Å². The Hall–Kier alpha value is 1.05. The van der Waals surface area contributed by atoms with Gasteiger partial charge in [-0.2, -0.15) is 37.9 Å². The van der Waals surface area contributed by atoms with Crippen LogP contribution < -0.4 is 0 Å². The molecule has 0 aromatic rings. The molecule has 3 fully saturated rings. The van der Waals surface area contributed by atoms with Gasteiger partial charge in [0, 0.05) is 15.7 Å². The van der Waals surface area contributed by atoms with E-state index < -0.39 is 0 Å². The fraction of sp³-hybridized carbons (Fsp3) is 1.00. The molecule has 0 aromatic carbocycles. The third-order valence-electron chi connectivity index (χ3n) is 6.50. The Labute approximate surface area is 129 Å². The fourth-order valence-corrected chi connectivity index (χ4v) is 7.13. The summed E-state index contributed by atoms with van der Waals surface area (Å²) in [5, 5.41) is 0.464. The monoisotopic (exact) mass is 304 g/mol. The quantitative estimate of drug-likeness (QED) is 0.590. The summed E-state index contributed by atoms with van der Waals surface area (Å²) < 4.78 is 0.0943. The second-order valence-electron chi connectivity index (χ2n) is 6.99. The molecule has 3 rings (SSSR count). The molecule has 0 amide bonds. The smallest absolute Gasteiger partial charge is 0.0292 e. The van der Waals surface area contributed by atoms with Crippen LogP contribution in [0.25, 0.3) is 0 Å². The Kier molecular flexibility index (Phi) is 4.38. The summed E-state index contributed by atoms with van der Waals surface area (Å²) in [7, 11) is 0. The number of fused-ring (bicyclic) bond motifs is 4. The van der Waals surface area contributed by atoms with Gasteiger partial charge in [0.2, 0.25) is 0 Å². The maximum absolute atomic E-state index is 5.07. The molecule has 9 unspecified atom stereocenters. The van der Waals surface area contributed by atoms with Crippen molar-refractivity contribution in [2.24, 2.45) is 41.4 Å². The van der Waals surface area contributed by atoms with Crippen molar-refractivity contribution in [1.82, 2.24) is 0 Å². The van der Waals surface area contributed by atoms with Gasteiger partial charge in [-0.25, -0.2) is 0 Å². The Balaban J connectivity index is 2.40. The van der Waals surface area contributed by atoms with Crippen molar-refractivity contribution in [1.29, 1.82) is 0 Å². The molecule has 18 heavy (non-hydrogen) atoms. The Morgan fingerprint density at radius 3 is 1.78 bits per heavy atom. The Bertz CT molecular complexity index is 293. The third-order valence-corrected chi connectivity index (χ3v) is 8.82. The second kappa shape index (κ2) is 5.11. The van der Waals surface area contributed by atoms with Crippen molar-refractivity contribution in [3.63, 3.8) is 0 Å². The van der Waals surface area contributed by atoms with Crippen LogP contribution in [0.4, 0.5) is 0 Å². The van der Waals surface area contributed by atoms with Gasteiger partial charge in [-0.3, -0.25) is 0 Å². The Morgan fingerprint density at radius 1 is 0.778 bits per heavy atom. The summed E-state index contributed by atoms with van der Waals surface area (Å²) in [4.78, 5) is 0. The van der Waals surface area contributed by atoms with Crippen LogP contribution in [-0.2, 0) is 0 Å². The van der Waals surface area contributed by atoms with Crippen LogP contribution in [0, 0.1) is 41.4 Å². The van der Waals surface area contributed by atoms with Crippen LogP contribution in [-0.4, -0.2) is 15.7 Å². The zero-order valence-corrected chi connectivity index (χ0v) is 14.9. The van der Waals surface area contributed by atoms with Gasteiger partial charge in [0.15, 0.2) is 0 Å². The molecular formula is C15H28S3. The topological polar surface area (TPSA) is 0 Å². The van der Waals surface area contributed by atoms with E-state index >= 15 is 0 Å². The highest BCUT2D eigenvalue weighted by molar-refractivity contribution is 7.85. The highest BCUT2D eigenvalue weighted by Crippen LogP contribution is 2.63. The van der Waals surface area contributed by atoms with Gasteiger partial charge in [-0.15, -0.1) is 0 Å². The van der Waals surface area contributed by atoms with Crippen molar-refractivity contribution in [3.8, 4) is 0 Å². The lowest BCUT2D eigenvalue weighted by atomic mass is 9.46. The molecule has 0 N–H and O–H groups in total. The van der Waals surface area contributed by atoms with Gasteiger partial charge < -0.3 is 0 Å². The van der Waals surface area contributed by atoms with E-state index in [1.54, 1.807) is 0 Å².